The Bertz CT molecular complexity index is 1100. The van der Waals surface area contributed by atoms with Gasteiger partial charge in [0.15, 0.2) is 11.5 Å². The van der Waals surface area contributed by atoms with E-state index in [1.165, 1.54) is 33.1 Å². The van der Waals surface area contributed by atoms with Crippen molar-refractivity contribution in [2.24, 2.45) is 0 Å². The highest BCUT2D eigenvalue weighted by Crippen LogP contribution is 2.51. The lowest BCUT2D eigenvalue weighted by Crippen LogP contribution is -2.57. The molecule has 0 fully saturated rings. The molecular formula is C24H27F3N2O7. The van der Waals surface area contributed by atoms with Crippen molar-refractivity contribution in [2.75, 3.05) is 26.8 Å². The maximum absolute atomic E-state index is 13.5. The summed E-state index contributed by atoms with van der Waals surface area (Å²) in [6.45, 7) is 0.856. The standard InChI is InChI=1S/C24H27F3N2O7/c1-12(2)6-18(32)29(11-24(25,26)27)16-9-15(23(34)28-4-5-30)19-14-7-13(10-31)8-17(35-3)21(14)36-22(19)20(16)33/h6-10,16,19-20,22,30,33H,4-5,11H2,1-3H3,(H,28,34). The number of rotatable bonds is 8. The maximum atomic E-state index is 13.5. The minimum Gasteiger partial charge on any atom is -0.493 e. The Balaban J connectivity index is 2.18. The van der Waals surface area contributed by atoms with Gasteiger partial charge in [-0.3, -0.25) is 14.4 Å². The molecule has 0 aromatic heterocycles. The van der Waals surface area contributed by atoms with Crippen LogP contribution in [0.2, 0.25) is 0 Å². The van der Waals surface area contributed by atoms with Gasteiger partial charge in [-0.15, -0.1) is 0 Å². The van der Waals surface area contributed by atoms with Gasteiger partial charge in [-0.1, -0.05) is 5.57 Å². The molecule has 12 heteroatoms. The predicted octanol–water partition coefficient (Wildman–Crippen LogP) is 1.49. The summed E-state index contributed by atoms with van der Waals surface area (Å²) in [5, 5.41) is 22.8. The molecule has 0 spiro atoms. The number of ether oxygens (including phenoxy) is 2. The van der Waals surface area contributed by atoms with Crippen molar-refractivity contribution in [3.8, 4) is 11.5 Å². The highest BCUT2D eigenvalue weighted by molar-refractivity contribution is 5.97. The molecule has 0 saturated heterocycles. The number of nitrogens with one attached hydrogen (secondary N) is 1. The van der Waals surface area contributed by atoms with Crippen molar-refractivity contribution in [2.45, 2.75) is 44.2 Å². The number of aliphatic hydroxyl groups is 2. The van der Waals surface area contributed by atoms with Crippen molar-refractivity contribution in [1.82, 2.24) is 10.2 Å². The number of benzene rings is 1. The molecule has 9 nitrogen and oxygen atoms in total. The number of halogens is 3. The Kier molecular flexibility index (Phi) is 8.09. The Morgan fingerprint density at radius 3 is 2.53 bits per heavy atom. The van der Waals surface area contributed by atoms with Gasteiger partial charge in [-0.25, -0.2) is 0 Å². The van der Waals surface area contributed by atoms with E-state index in [4.69, 9.17) is 14.6 Å². The lowest BCUT2D eigenvalue weighted by molar-refractivity contribution is -0.167. The van der Waals surface area contributed by atoms with Gasteiger partial charge in [-0.05, 0) is 32.1 Å². The molecule has 196 valence electrons. The quantitative estimate of drug-likeness (QED) is 0.356. The van der Waals surface area contributed by atoms with Crippen LogP contribution in [0.3, 0.4) is 0 Å². The average Bonchev–Trinajstić information content (AvgIpc) is 3.20. The smallest absolute Gasteiger partial charge is 0.406 e. The summed E-state index contributed by atoms with van der Waals surface area (Å²) in [4.78, 5) is 37.8. The zero-order chi connectivity index (χ0) is 26.8. The number of hydrogen-bond acceptors (Lipinski definition) is 7. The first-order valence-corrected chi connectivity index (χ1v) is 11.1. The van der Waals surface area contributed by atoms with Crippen LogP contribution < -0.4 is 14.8 Å². The van der Waals surface area contributed by atoms with Crippen molar-refractivity contribution >= 4 is 18.1 Å². The number of carbonyl (C=O) groups excluding carboxylic acids is 3. The van der Waals surface area contributed by atoms with E-state index in [9.17, 15) is 32.7 Å². The number of alkyl halides is 3. The second kappa shape index (κ2) is 10.7. The zero-order valence-electron chi connectivity index (χ0n) is 19.8. The molecule has 3 rings (SSSR count). The summed E-state index contributed by atoms with van der Waals surface area (Å²) >= 11 is 0. The minimum absolute atomic E-state index is 0.0789. The number of amides is 2. The Morgan fingerprint density at radius 1 is 1.28 bits per heavy atom. The van der Waals surface area contributed by atoms with E-state index in [0.29, 0.717) is 22.3 Å². The molecule has 3 N–H and O–H groups in total. The second-order valence-corrected chi connectivity index (χ2v) is 8.71. The number of allylic oxidation sites excluding steroid dienone is 1. The van der Waals surface area contributed by atoms with Gasteiger partial charge in [0.25, 0.3) is 0 Å². The molecule has 4 unspecified atom stereocenters. The van der Waals surface area contributed by atoms with Crippen LogP contribution in [-0.2, 0) is 9.59 Å². The topological polar surface area (TPSA) is 125 Å². The van der Waals surface area contributed by atoms with Gasteiger partial charge in [-0.2, -0.15) is 13.2 Å². The zero-order valence-corrected chi connectivity index (χ0v) is 19.8. The van der Waals surface area contributed by atoms with Gasteiger partial charge in [0.05, 0.1) is 25.7 Å². The summed E-state index contributed by atoms with van der Waals surface area (Å²) in [5.74, 6) is -2.46. The van der Waals surface area contributed by atoms with Crippen LogP contribution in [0.25, 0.3) is 0 Å². The van der Waals surface area contributed by atoms with Gasteiger partial charge >= 0.3 is 6.18 Å². The third-order valence-corrected chi connectivity index (χ3v) is 5.82. The van der Waals surface area contributed by atoms with Crippen molar-refractivity contribution in [1.29, 1.82) is 0 Å². The molecule has 1 heterocycles. The fourth-order valence-electron chi connectivity index (χ4n) is 4.41. The number of nitrogens with zero attached hydrogens (tertiary/aromatic N) is 1. The van der Waals surface area contributed by atoms with E-state index < -0.39 is 55.3 Å². The van der Waals surface area contributed by atoms with Crippen LogP contribution in [0.1, 0.15) is 35.7 Å². The third kappa shape index (κ3) is 5.54. The number of methoxy groups -OCH3 is 1. The molecule has 2 amide bonds. The number of aliphatic hydroxyl groups excluding tert-OH is 2. The van der Waals surface area contributed by atoms with Crippen LogP contribution in [0, 0.1) is 0 Å². The monoisotopic (exact) mass is 512 g/mol. The summed E-state index contributed by atoms with van der Waals surface area (Å²) in [5.41, 5.74) is 0.877. The highest BCUT2D eigenvalue weighted by atomic mass is 19.4. The minimum atomic E-state index is -4.80. The Labute approximate surface area is 205 Å². The molecule has 4 atom stereocenters. The van der Waals surface area contributed by atoms with Gasteiger partial charge in [0.2, 0.25) is 11.8 Å². The van der Waals surface area contributed by atoms with Gasteiger partial charge in [0, 0.05) is 29.3 Å². The molecule has 1 aromatic rings. The SMILES string of the molecule is COc1cc(C=O)cc2c1OC1C2C(C(=O)NCCO)=CC(N(CC(F)(F)F)C(=O)C=C(C)C)C1O. The second-order valence-electron chi connectivity index (χ2n) is 8.71. The molecule has 1 aliphatic carbocycles. The van der Waals surface area contributed by atoms with Crippen LogP contribution in [0.15, 0.2) is 35.4 Å². The first-order chi connectivity index (χ1) is 16.9. The van der Waals surface area contributed by atoms with Crippen molar-refractivity contribution in [3.63, 3.8) is 0 Å². The average molecular weight is 512 g/mol. The summed E-state index contributed by atoms with van der Waals surface area (Å²) < 4.78 is 51.6. The Morgan fingerprint density at radius 2 is 1.97 bits per heavy atom. The number of fused-ring (bicyclic) bond motifs is 3. The molecule has 0 bridgehead atoms. The lowest BCUT2D eigenvalue weighted by Gasteiger charge is -2.40. The maximum Gasteiger partial charge on any atom is 0.406 e. The fraction of sp³-hybridized carbons (Fsp3) is 0.458. The van der Waals surface area contributed by atoms with E-state index in [0.717, 1.165) is 12.2 Å². The molecule has 2 aliphatic rings. The molecule has 0 saturated carbocycles. The van der Waals surface area contributed by atoms with Crippen LogP contribution in [-0.4, -0.2) is 84.4 Å². The largest absolute Gasteiger partial charge is 0.493 e. The predicted molar refractivity (Wildman–Crippen MR) is 121 cm³/mol. The normalized spacial score (nSPS) is 22.4. The number of aldehydes is 1. The van der Waals surface area contributed by atoms with Gasteiger partial charge in [0.1, 0.15) is 25.0 Å². The van der Waals surface area contributed by atoms with Crippen molar-refractivity contribution in [3.05, 3.63) is 46.6 Å². The van der Waals surface area contributed by atoms with E-state index >= 15 is 0 Å². The molecule has 1 aromatic carbocycles. The van der Waals surface area contributed by atoms with Crippen LogP contribution in [0.5, 0.6) is 11.5 Å². The van der Waals surface area contributed by atoms with E-state index in [-0.39, 0.29) is 29.2 Å². The molecule has 36 heavy (non-hydrogen) atoms. The third-order valence-electron chi connectivity index (χ3n) is 5.82. The lowest BCUT2D eigenvalue weighted by atomic mass is 9.77. The van der Waals surface area contributed by atoms with Crippen LogP contribution in [0.4, 0.5) is 13.2 Å². The summed E-state index contributed by atoms with van der Waals surface area (Å²) in [7, 11) is 1.32. The fourth-order valence-corrected chi connectivity index (χ4v) is 4.41. The highest BCUT2D eigenvalue weighted by Gasteiger charge is 2.52. The van der Waals surface area contributed by atoms with E-state index in [2.05, 4.69) is 5.32 Å². The van der Waals surface area contributed by atoms with Crippen molar-refractivity contribution < 1.29 is 47.2 Å². The van der Waals surface area contributed by atoms with E-state index in [1.807, 2.05) is 0 Å². The van der Waals surface area contributed by atoms with E-state index in [1.54, 1.807) is 0 Å². The molecule has 0 radical (unpaired) electrons. The Hall–Kier alpha value is -3.38. The molecule has 1 aliphatic heterocycles. The first-order valence-electron chi connectivity index (χ1n) is 11.1. The van der Waals surface area contributed by atoms with Crippen LogP contribution >= 0.6 is 0 Å². The number of carbonyl (C=O) groups is 3. The first kappa shape index (κ1) is 27.2. The molecular weight excluding hydrogens is 485 g/mol. The number of hydrogen-bond donors (Lipinski definition) is 3. The summed E-state index contributed by atoms with van der Waals surface area (Å²) in [6, 6.07) is 1.25. The van der Waals surface area contributed by atoms with Gasteiger partial charge < -0.3 is 29.9 Å². The summed E-state index contributed by atoms with van der Waals surface area (Å²) in [6.07, 6.45) is -5.06.